The number of aliphatic carboxylic acids is 1. The Morgan fingerprint density at radius 2 is 1.94 bits per heavy atom. The van der Waals surface area contributed by atoms with Gasteiger partial charge in [0.1, 0.15) is 6.04 Å². The van der Waals surface area contributed by atoms with Crippen LogP contribution in [0.15, 0.2) is 0 Å². The lowest BCUT2D eigenvalue weighted by molar-refractivity contribution is -0.145. The summed E-state index contributed by atoms with van der Waals surface area (Å²) in [6.07, 6.45) is 0. The predicted molar refractivity (Wildman–Crippen MR) is 65.2 cm³/mol. The smallest absolute Gasteiger partial charge is 0.328 e. The lowest BCUT2D eigenvalue weighted by Gasteiger charge is -2.40. The van der Waals surface area contributed by atoms with Crippen LogP contribution >= 0.6 is 0 Å². The van der Waals surface area contributed by atoms with Crippen LogP contribution in [-0.2, 0) is 9.59 Å². The highest BCUT2D eigenvalue weighted by atomic mass is 16.4. The highest BCUT2D eigenvalue weighted by Gasteiger charge is 2.36. The number of nitrogens with zero attached hydrogens (tertiary/aromatic N) is 1. The van der Waals surface area contributed by atoms with Crippen LogP contribution in [0.5, 0.6) is 0 Å². The summed E-state index contributed by atoms with van der Waals surface area (Å²) in [5.74, 6) is -1.62. The number of amides is 1. The molecule has 0 aromatic heterocycles. The number of carboxylic acid groups (broad SMARTS) is 1. The van der Waals surface area contributed by atoms with Gasteiger partial charge in [-0.05, 0) is 13.8 Å². The summed E-state index contributed by atoms with van der Waals surface area (Å²) in [5.41, 5.74) is -0.787. The Kier molecular flexibility index (Phi) is 5.06. The quantitative estimate of drug-likeness (QED) is 0.466. The number of aliphatic hydroxyl groups excluding tert-OH is 1. The van der Waals surface area contributed by atoms with E-state index in [2.05, 4.69) is 10.6 Å². The van der Waals surface area contributed by atoms with E-state index in [4.69, 9.17) is 10.2 Å². The molecule has 1 fully saturated rings. The fourth-order valence-electron chi connectivity index (χ4n) is 1.89. The molecule has 0 aromatic rings. The number of rotatable bonds is 5. The van der Waals surface area contributed by atoms with Gasteiger partial charge < -0.3 is 20.8 Å². The third kappa shape index (κ3) is 3.41. The second-order valence-electron chi connectivity index (χ2n) is 4.84. The molecule has 0 aliphatic carbocycles. The van der Waals surface area contributed by atoms with Crippen molar-refractivity contribution >= 4 is 11.9 Å². The molecule has 0 unspecified atom stereocenters. The van der Waals surface area contributed by atoms with E-state index in [-0.39, 0.29) is 5.91 Å². The van der Waals surface area contributed by atoms with Gasteiger partial charge in [0.05, 0.1) is 12.1 Å². The maximum atomic E-state index is 12.1. The van der Waals surface area contributed by atoms with Crippen LogP contribution in [-0.4, -0.2) is 71.4 Å². The number of carbonyl (C=O) groups is 2. The highest BCUT2D eigenvalue weighted by Crippen LogP contribution is 2.15. The molecule has 18 heavy (non-hydrogen) atoms. The number of carbonyl (C=O) groups excluding carboxylic acids is 1. The lowest BCUT2D eigenvalue weighted by atomic mass is 10.00. The zero-order valence-corrected chi connectivity index (χ0v) is 10.8. The zero-order chi connectivity index (χ0) is 13.8. The lowest BCUT2D eigenvalue weighted by Crippen LogP contribution is -2.62. The van der Waals surface area contributed by atoms with E-state index < -0.39 is 24.2 Å². The van der Waals surface area contributed by atoms with Gasteiger partial charge in [0.25, 0.3) is 0 Å². The van der Waals surface area contributed by atoms with E-state index in [1.54, 1.807) is 13.8 Å². The van der Waals surface area contributed by atoms with Gasteiger partial charge >= 0.3 is 5.97 Å². The molecule has 1 saturated heterocycles. The summed E-state index contributed by atoms with van der Waals surface area (Å²) in [5, 5.41) is 23.2. The first kappa shape index (κ1) is 14.9. The standard InChI is InChI=1S/C11H21N3O4/c1-11(2,14-5-3-12-4-6-14)10(18)13-8(7-15)9(16)17/h8,12,15H,3-7H2,1-2H3,(H,13,18)(H,16,17)/t8-/m0/s1. The average molecular weight is 259 g/mol. The van der Waals surface area contributed by atoms with Crippen molar-refractivity contribution in [2.24, 2.45) is 0 Å². The van der Waals surface area contributed by atoms with Crippen molar-refractivity contribution in [2.45, 2.75) is 25.4 Å². The van der Waals surface area contributed by atoms with Crippen molar-refractivity contribution in [1.29, 1.82) is 0 Å². The molecule has 1 aliphatic rings. The third-order valence-electron chi connectivity index (χ3n) is 3.25. The molecular weight excluding hydrogens is 238 g/mol. The first-order chi connectivity index (χ1) is 8.39. The van der Waals surface area contributed by atoms with Gasteiger partial charge in [0, 0.05) is 26.2 Å². The normalized spacial score (nSPS) is 19.3. The second-order valence-corrected chi connectivity index (χ2v) is 4.84. The minimum Gasteiger partial charge on any atom is -0.480 e. The van der Waals surface area contributed by atoms with E-state index in [1.165, 1.54) is 0 Å². The summed E-state index contributed by atoms with van der Waals surface area (Å²) >= 11 is 0. The first-order valence-electron chi connectivity index (χ1n) is 6.00. The van der Waals surface area contributed by atoms with E-state index in [9.17, 15) is 9.59 Å². The Bertz CT molecular complexity index is 313. The fourth-order valence-corrected chi connectivity index (χ4v) is 1.89. The predicted octanol–water partition coefficient (Wildman–Crippen LogP) is -1.77. The molecule has 0 radical (unpaired) electrons. The van der Waals surface area contributed by atoms with Crippen LogP contribution < -0.4 is 10.6 Å². The van der Waals surface area contributed by atoms with Crippen molar-refractivity contribution in [3.63, 3.8) is 0 Å². The number of nitrogens with one attached hydrogen (secondary N) is 2. The molecule has 4 N–H and O–H groups in total. The fraction of sp³-hybridized carbons (Fsp3) is 0.818. The van der Waals surface area contributed by atoms with Gasteiger partial charge in [-0.25, -0.2) is 4.79 Å². The molecule has 0 spiro atoms. The van der Waals surface area contributed by atoms with Crippen molar-refractivity contribution in [3.8, 4) is 0 Å². The third-order valence-corrected chi connectivity index (χ3v) is 3.25. The number of carboxylic acids is 1. The van der Waals surface area contributed by atoms with E-state index in [1.807, 2.05) is 4.90 Å². The molecule has 1 heterocycles. The summed E-state index contributed by atoms with van der Waals surface area (Å²) in [6.45, 7) is 5.97. The minimum absolute atomic E-state index is 0.383. The Hall–Kier alpha value is -1.18. The van der Waals surface area contributed by atoms with Crippen molar-refractivity contribution in [3.05, 3.63) is 0 Å². The Labute approximate surface area is 106 Å². The first-order valence-corrected chi connectivity index (χ1v) is 6.00. The molecule has 7 nitrogen and oxygen atoms in total. The molecule has 1 rings (SSSR count). The van der Waals surface area contributed by atoms with Crippen LogP contribution in [0, 0.1) is 0 Å². The van der Waals surface area contributed by atoms with Crippen LogP contribution in [0.4, 0.5) is 0 Å². The summed E-state index contributed by atoms with van der Waals surface area (Å²) in [4.78, 5) is 24.9. The SMILES string of the molecule is CC(C)(C(=O)N[C@@H](CO)C(=O)O)N1CCNCC1. The Morgan fingerprint density at radius 3 is 2.39 bits per heavy atom. The molecule has 7 heteroatoms. The van der Waals surface area contributed by atoms with Crippen LogP contribution in [0.1, 0.15) is 13.8 Å². The van der Waals surface area contributed by atoms with Gasteiger partial charge in [-0.1, -0.05) is 0 Å². The van der Waals surface area contributed by atoms with E-state index >= 15 is 0 Å². The maximum Gasteiger partial charge on any atom is 0.328 e. The molecular formula is C11H21N3O4. The summed E-state index contributed by atoms with van der Waals surface area (Å²) in [7, 11) is 0. The van der Waals surface area contributed by atoms with Crippen LogP contribution in [0.25, 0.3) is 0 Å². The van der Waals surface area contributed by atoms with Crippen molar-refractivity contribution in [1.82, 2.24) is 15.5 Å². The molecule has 0 aromatic carbocycles. The topological polar surface area (TPSA) is 102 Å². The summed E-state index contributed by atoms with van der Waals surface area (Å²) in [6, 6.07) is -1.25. The van der Waals surface area contributed by atoms with Gasteiger partial charge in [0.15, 0.2) is 0 Å². The maximum absolute atomic E-state index is 12.1. The Balaban J connectivity index is 2.65. The molecule has 0 saturated carbocycles. The number of hydrogen-bond donors (Lipinski definition) is 4. The van der Waals surface area contributed by atoms with Crippen molar-refractivity contribution in [2.75, 3.05) is 32.8 Å². The monoisotopic (exact) mass is 259 g/mol. The Morgan fingerprint density at radius 1 is 1.39 bits per heavy atom. The van der Waals surface area contributed by atoms with Crippen LogP contribution in [0.3, 0.4) is 0 Å². The largest absolute Gasteiger partial charge is 0.480 e. The number of piperazine rings is 1. The van der Waals surface area contributed by atoms with E-state index in [0.29, 0.717) is 0 Å². The highest BCUT2D eigenvalue weighted by molar-refractivity contribution is 5.89. The second kappa shape index (κ2) is 6.12. The van der Waals surface area contributed by atoms with Gasteiger partial charge in [0.2, 0.25) is 5.91 Å². The summed E-state index contributed by atoms with van der Waals surface area (Å²) < 4.78 is 0. The molecule has 104 valence electrons. The molecule has 0 bridgehead atoms. The zero-order valence-electron chi connectivity index (χ0n) is 10.8. The van der Waals surface area contributed by atoms with Gasteiger partial charge in [-0.15, -0.1) is 0 Å². The minimum atomic E-state index is -1.25. The van der Waals surface area contributed by atoms with E-state index in [0.717, 1.165) is 26.2 Å². The van der Waals surface area contributed by atoms with Crippen LogP contribution in [0.2, 0.25) is 0 Å². The van der Waals surface area contributed by atoms with Gasteiger partial charge in [-0.3, -0.25) is 9.69 Å². The van der Waals surface area contributed by atoms with Gasteiger partial charge in [-0.2, -0.15) is 0 Å². The average Bonchev–Trinajstić information content (AvgIpc) is 2.36. The van der Waals surface area contributed by atoms with Crippen molar-refractivity contribution < 1.29 is 19.8 Å². The molecule has 1 aliphatic heterocycles. The molecule has 1 atom stereocenters. The molecule has 1 amide bonds. The number of aliphatic hydroxyl groups is 1. The number of hydrogen-bond acceptors (Lipinski definition) is 5.